The van der Waals surface area contributed by atoms with Crippen LogP contribution in [0, 0.1) is 5.41 Å². The smallest absolute Gasteiger partial charge is 0.335 e. The highest BCUT2D eigenvalue weighted by Gasteiger charge is 2.55. The van der Waals surface area contributed by atoms with Gasteiger partial charge >= 0.3 is 11.9 Å². The van der Waals surface area contributed by atoms with Gasteiger partial charge in [-0.1, -0.05) is 11.6 Å². The second-order valence-electron chi connectivity index (χ2n) is 7.29. The highest BCUT2D eigenvalue weighted by molar-refractivity contribution is 6.05. The Labute approximate surface area is 150 Å². The molecular weight excluding hydrogens is 336 g/mol. The van der Waals surface area contributed by atoms with E-state index in [0.29, 0.717) is 36.8 Å². The number of hydrogen-bond acceptors (Lipinski definition) is 6. The van der Waals surface area contributed by atoms with E-state index in [9.17, 15) is 14.4 Å². The molecule has 2 saturated heterocycles. The van der Waals surface area contributed by atoms with Crippen molar-refractivity contribution in [1.82, 2.24) is 0 Å². The van der Waals surface area contributed by atoms with E-state index in [2.05, 4.69) is 0 Å². The lowest BCUT2D eigenvalue weighted by molar-refractivity contribution is -0.141. The lowest BCUT2D eigenvalue weighted by Gasteiger charge is -2.30. The van der Waals surface area contributed by atoms with Gasteiger partial charge in [0.25, 0.3) is 0 Å². The molecule has 6 nitrogen and oxygen atoms in total. The average Bonchev–Trinajstić information content (AvgIpc) is 3.30. The molecule has 3 aliphatic rings. The third-order valence-corrected chi connectivity index (χ3v) is 5.78. The highest BCUT2D eigenvalue weighted by Crippen LogP contribution is 2.47. The first-order valence-corrected chi connectivity index (χ1v) is 8.78. The van der Waals surface area contributed by atoms with Gasteiger partial charge in [0.15, 0.2) is 0 Å². The Morgan fingerprint density at radius 3 is 2.77 bits per heavy atom. The van der Waals surface area contributed by atoms with Gasteiger partial charge in [-0.3, -0.25) is 4.79 Å². The molecule has 0 bridgehead atoms. The maximum absolute atomic E-state index is 12.5. The topological polar surface area (TPSA) is 82.8 Å². The maximum Gasteiger partial charge on any atom is 0.335 e. The van der Waals surface area contributed by atoms with Gasteiger partial charge in [0.2, 0.25) is 0 Å². The van der Waals surface area contributed by atoms with Gasteiger partial charge in [0.1, 0.15) is 18.0 Å². The first kappa shape index (κ1) is 16.8. The third-order valence-electron chi connectivity index (χ3n) is 5.78. The monoisotopic (exact) mass is 356 g/mol. The first-order chi connectivity index (χ1) is 12.4. The molecule has 0 saturated carbocycles. The van der Waals surface area contributed by atoms with E-state index in [1.165, 1.54) is 0 Å². The Bertz CT molecular complexity index is 844. The van der Waals surface area contributed by atoms with Crippen LogP contribution >= 0.6 is 0 Å². The fourth-order valence-electron chi connectivity index (χ4n) is 4.08. The van der Waals surface area contributed by atoms with Crippen LogP contribution in [0.2, 0.25) is 0 Å². The Morgan fingerprint density at radius 2 is 2.04 bits per heavy atom. The van der Waals surface area contributed by atoms with Crippen molar-refractivity contribution in [1.29, 1.82) is 0 Å². The quantitative estimate of drug-likeness (QED) is 0.611. The predicted molar refractivity (Wildman–Crippen MR) is 89.8 cm³/mol. The van der Waals surface area contributed by atoms with E-state index < -0.39 is 17.5 Å². The van der Waals surface area contributed by atoms with Crippen molar-refractivity contribution in [3.8, 4) is 0 Å². The summed E-state index contributed by atoms with van der Waals surface area (Å²) in [5.41, 5.74) is 1.72. The van der Waals surface area contributed by atoms with Gasteiger partial charge in [-0.2, -0.15) is 0 Å². The molecule has 1 aliphatic carbocycles. The van der Waals surface area contributed by atoms with Crippen LogP contribution in [0.15, 0.2) is 45.8 Å². The fourth-order valence-corrected chi connectivity index (χ4v) is 4.08. The summed E-state index contributed by atoms with van der Waals surface area (Å²) in [4.78, 5) is 37.0. The van der Waals surface area contributed by atoms with Crippen molar-refractivity contribution < 1.29 is 28.3 Å². The summed E-state index contributed by atoms with van der Waals surface area (Å²) in [6, 6.07) is 1.77. The van der Waals surface area contributed by atoms with Crippen molar-refractivity contribution in [3.63, 3.8) is 0 Å². The molecule has 3 heterocycles. The minimum Gasteiger partial charge on any atom is -0.472 e. The average molecular weight is 356 g/mol. The third kappa shape index (κ3) is 2.43. The van der Waals surface area contributed by atoms with Crippen molar-refractivity contribution in [3.05, 3.63) is 47.0 Å². The van der Waals surface area contributed by atoms with E-state index in [1.54, 1.807) is 25.5 Å². The molecule has 0 radical (unpaired) electrons. The van der Waals surface area contributed by atoms with Crippen molar-refractivity contribution in [2.45, 2.75) is 51.7 Å². The summed E-state index contributed by atoms with van der Waals surface area (Å²) in [5.74, 6) is -0.767. The fraction of sp³-hybridized carbons (Fsp3) is 0.450. The van der Waals surface area contributed by atoms with Gasteiger partial charge in [-0.15, -0.1) is 0 Å². The molecule has 136 valence electrons. The largest absolute Gasteiger partial charge is 0.472 e. The van der Waals surface area contributed by atoms with Crippen LogP contribution < -0.4 is 0 Å². The number of ether oxygens (including phenoxy) is 2. The number of furan rings is 1. The number of carbonyl (C=O) groups excluding carboxylic acids is 3. The first-order valence-electron chi connectivity index (χ1n) is 8.78. The number of rotatable bonds is 3. The zero-order valence-corrected chi connectivity index (χ0v) is 14.7. The Balaban J connectivity index is 1.59. The van der Waals surface area contributed by atoms with Gasteiger partial charge in [-0.25, -0.2) is 9.59 Å². The summed E-state index contributed by atoms with van der Waals surface area (Å²) < 4.78 is 16.0. The Morgan fingerprint density at radius 1 is 1.23 bits per heavy atom. The van der Waals surface area contributed by atoms with E-state index >= 15 is 0 Å². The summed E-state index contributed by atoms with van der Waals surface area (Å²) in [7, 11) is 0. The SMILES string of the molecule is CC(CC1OC(=O)C2=CCCC(=O)C21C)=C1CC(c2ccoc2)OC1=O. The molecule has 2 fully saturated rings. The van der Waals surface area contributed by atoms with Crippen LogP contribution in [-0.4, -0.2) is 23.8 Å². The van der Waals surface area contributed by atoms with Crippen LogP contribution in [0.1, 0.15) is 51.2 Å². The summed E-state index contributed by atoms with van der Waals surface area (Å²) in [6.07, 6.45) is 5.74. The molecule has 0 aromatic carbocycles. The van der Waals surface area contributed by atoms with Crippen LogP contribution in [0.25, 0.3) is 0 Å². The molecule has 1 aromatic heterocycles. The minimum absolute atomic E-state index is 0.0222. The molecule has 4 rings (SSSR count). The van der Waals surface area contributed by atoms with Crippen LogP contribution in [-0.2, 0) is 23.9 Å². The number of esters is 2. The normalized spacial score (nSPS) is 32.8. The summed E-state index contributed by atoms with van der Waals surface area (Å²) >= 11 is 0. The van der Waals surface area contributed by atoms with Crippen LogP contribution in [0.4, 0.5) is 0 Å². The molecule has 0 spiro atoms. The van der Waals surface area contributed by atoms with E-state index in [1.807, 2.05) is 13.0 Å². The number of Topliss-reactive ketones (excluding diaryl/α,β-unsaturated/α-hetero) is 1. The van der Waals surface area contributed by atoms with Gasteiger partial charge in [-0.05, 0) is 26.3 Å². The molecular formula is C20H20O6. The molecule has 3 unspecified atom stereocenters. The van der Waals surface area contributed by atoms with Crippen LogP contribution in [0.5, 0.6) is 0 Å². The lowest BCUT2D eigenvalue weighted by atomic mass is 9.69. The Kier molecular flexibility index (Phi) is 3.86. The van der Waals surface area contributed by atoms with Gasteiger partial charge < -0.3 is 13.9 Å². The maximum atomic E-state index is 12.5. The molecule has 0 amide bonds. The molecule has 0 N–H and O–H groups in total. The second kappa shape index (κ2) is 5.97. The van der Waals surface area contributed by atoms with Gasteiger partial charge in [0, 0.05) is 30.4 Å². The molecule has 2 aliphatic heterocycles. The van der Waals surface area contributed by atoms with E-state index in [4.69, 9.17) is 13.9 Å². The molecule has 26 heavy (non-hydrogen) atoms. The van der Waals surface area contributed by atoms with E-state index in [-0.39, 0.29) is 17.9 Å². The van der Waals surface area contributed by atoms with Crippen molar-refractivity contribution >= 4 is 17.7 Å². The standard InChI is InChI=1S/C20H20O6/c1-11(13-9-15(25-18(13)22)12-6-7-24-10-12)8-17-20(2)14(19(23)26-17)4-3-5-16(20)21/h4,6-7,10,15,17H,3,5,8-9H2,1-2H3. The number of fused-ring (bicyclic) bond motifs is 1. The second-order valence-corrected chi connectivity index (χ2v) is 7.29. The molecule has 1 aromatic rings. The molecule has 3 atom stereocenters. The number of carbonyl (C=O) groups is 3. The number of cyclic esters (lactones) is 2. The summed E-state index contributed by atoms with van der Waals surface area (Å²) in [5, 5.41) is 0. The number of allylic oxidation sites excluding steroid dienone is 1. The number of hydrogen-bond donors (Lipinski definition) is 0. The lowest BCUT2D eigenvalue weighted by Crippen LogP contribution is -2.39. The van der Waals surface area contributed by atoms with Crippen LogP contribution in [0.3, 0.4) is 0 Å². The van der Waals surface area contributed by atoms with Gasteiger partial charge in [0.05, 0.1) is 23.5 Å². The van der Waals surface area contributed by atoms with Crippen molar-refractivity contribution in [2.75, 3.05) is 0 Å². The zero-order chi connectivity index (χ0) is 18.5. The zero-order valence-electron chi connectivity index (χ0n) is 14.7. The van der Waals surface area contributed by atoms with E-state index in [0.717, 1.165) is 11.1 Å². The Hall–Kier alpha value is -2.63. The molecule has 6 heteroatoms. The predicted octanol–water partition coefficient (Wildman–Crippen LogP) is 3.20. The summed E-state index contributed by atoms with van der Waals surface area (Å²) in [6.45, 7) is 3.61. The highest BCUT2D eigenvalue weighted by atomic mass is 16.6. The minimum atomic E-state index is -0.927. The number of ketones is 1. The van der Waals surface area contributed by atoms with Crippen molar-refractivity contribution in [2.24, 2.45) is 5.41 Å².